The molecule has 1 heterocycles. The molecule has 0 aromatic carbocycles. The van der Waals surface area contributed by atoms with Gasteiger partial charge < -0.3 is 4.74 Å². The van der Waals surface area contributed by atoms with Crippen LogP contribution in [0.1, 0.15) is 45.4 Å². The molecule has 0 amide bonds. The highest BCUT2D eigenvalue weighted by Crippen LogP contribution is 2.45. The zero-order valence-electron chi connectivity index (χ0n) is 7.64. The lowest BCUT2D eigenvalue weighted by Gasteiger charge is -2.28. The number of carbonyl (C=O) groups is 1. The fourth-order valence-electron chi connectivity index (χ4n) is 2.62. The van der Waals surface area contributed by atoms with Gasteiger partial charge in [0.1, 0.15) is 6.10 Å². The monoisotopic (exact) mass is 168 g/mol. The molecule has 0 bridgehead atoms. The van der Waals surface area contributed by atoms with Crippen molar-refractivity contribution in [2.45, 2.75) is 51.6 Å². The molecule has 1 spiro atoms. The van der Waals surface area contributed by atoms with Gasteiger partial charge in [-0.25, -0.2) is 0 Å². The Kier molecular flexibility index (Phi) is 1.85. The Morgan fingerprint density at radius 1 is 1.33 bits per heavy atom. The van der Waals surface area contributed by atoms with Crippen LogP contribution in [0, 0.1) is 5.41 Å². The number of hydrogen-bond acceptors (Lipinski definition) is 2. The number of cyclic esters (lactones) is 1. The second-order valence-electron chi connectivity index (χ2n) is 4.26. The Labute approximate surface area is 73.3 Å². The minimum absolute atomic E-state index is 0.0579. The predicted octanol–water partition coefficient (Wildman–Crippen LogP) is 2.27. The van der Waals surface area contributed by atoms with Crippen LogP contribution in [0.3, 0.4) is 0 Å². The summed E-state index contributed by atoms with van der Waals surface area (Å²) in [5.41, 5.74) is -0.0579. The van der Waals surface area contributed by atoms with E-state index in [2.05, 4.69) is 0 Å². The average Bonchev–Trinajstić information content (AvgIpc) is 2.29. The molecule has 1 aliphatic carbocycles. The molecule has 0 N–H and O–H groups in total. The van der Waals surface area contributed by atoms with E-state index in [-0.39, 0.29) is 17.5 Å². The smallest absolute Gasteiger partial charge is 0.312 e. The summed E-state index contributed by atoms with van der Waals surface area (Å²) >= 11 is 0. The Bertz CT molecular complexity index is 192. The largest absolute Gasteiger partial charge is 0.462 e. The molecule has 1 saturated carbocycles. The van der Waals surface area contributed by atoms with Gasteiger partial charge in [0.25, 0.3) is 0 Å². The van der Waals surface area contributed by atoms with Gasteiger partial charge in [0, 0.05) is 6.42 Å². The molecule has 2 fully saturated rings. The molecule has 1 aliphatic heterocycles. The maximum absolute atomic E-state index is 11.5. The fourth-order valence-corrected chi connectivity index (χ4v) is 2.62. The molecule has 2 heteroatoms. The molecule has 0 aromatic heterocycles. The summed E-state index contributed by atoms with van der Waals surface area (Å²) in [7, 11) is 0. The summed E-state index contributed by atoms with van der Waals surface area (Å²) in [5, 5.41) is 0. The van der Waals surface area contributed by atoms with Gasteiger partial charge in [-0.3, -0.25) is 4.79 Å². The van der Waals surface area contributed by atoms with Crippen molar-refractivity contribution in [3.8, 4) is 0 Å². The third kappa shape index (κ3) is 1.13. The SMILES string of the molecule is C[C@H]1CC2(CCCCC2)C(=O)O1. The van der Waals surface area contributed by atoms with Crippen molar-refractivity contribution in [1.29, 1.82) is 0 Å². The third-order valence-electron chi connectivity index (χ3n) is 3.23. The topological polar surface area (TPSA) is 26.3 Å². The van der Waals surface area contributed by atoms with Crippen molar-refractivity contribution in [3.63, 3.8) is 0 Å². The van der Waals surface area contributed by atoms with Gasteiger partial charge in [-0.1, -0.05) is 19.3 Å². The maximum Gasteiger partial charge on any atom is 0.312 e. The molecule has 0 aromatic rings. The normalized spacial score (nSPS) is 33.8. The molecule has 12 heavy (non-hydrogen) atoms. The summed E-state index contributed by atoms with van der Waals surface area (Å²) in [6.07, 6.45) is 6.97. The van der Waals surface area contributed by atoms with Crippen molar-refractivity contribution < 1.29 is 9.53 Å². The first-order chi connectivity index (χ1) is 5.73. The summed E-state index contributed by atoms with van der Waals surface area (Å²) in [5.74, 6) is 0.0784. The highest BCUT2D eigenvalue weighted by molar-refractivity contribution is 5.79. The molecule has 2 nitrogen and oxygen atoms in total. The first-order valence-corrected chi connectivity index (χ1v) is 4.94. The number of esters is 1. The lowest BCUT2D eigenvalue weighted by molar-refractivity contribution is -0.149. The second-order valence-corrected chi connectivity index (χ2v) is 4.26. The van der Waals surface area contributed by atoms with Gasteiger partial charge in [-0.15, -0.1) is 0 Å². The van der Waals surface area contributed by atoms with E-state index < -0.39 is 0 Å². The van der Waals surface area contributed by atoms with Gasteiger partial charge >= 0.3 is 5.97 Å². The summed E-state index contributed by atoms with van der Waals surface area (Å²) < 4.78 is 5.22. The van der Waals surface area contributed by atoms with Gasteiger partial charge in [0.2, 0.25) is 0 Å². The van der Waals surface area contributed by atoms with Gasteiger partial charge in [-0.05, 0) is 19.8 Å². The Morgan fingerprint density at radius 3 is 2.50 bits per heavy atom. The van der Waals surface area contributed by atoms with Gasteiger partial charge in [0.15, 0.2) is 0 Å². The van der Waals surface area contributed by atoms with Crippen molar-refractivity contribution in [3.05, 3.63) is 0 Å². The van der Waals surface area contributed by atoms with Crippen LogP contribution >= 0.6 is 0 Å². The second kappa shape index (κ2) is 2.75. The zero-order chi connectivity index (χ0) is 8.60. The van der Waals surface area contributed by atoms with Crippen molar-refractivity contribution in [1.82, 2.24) is 0 Å². The van der Waals surface area contributed by atoms with Crippen molar-refractivity contribution >= 4 is 5.97 Å². The lowest BCUT2D eigenvalue weighted by Crippen LogP contribution is -2.28. The number of ether oxygens (including phenoxy) is 1. The number of rotatable bonds is 0. The van der Waals surface area contributed by atoms with E-state index in [1.165, 1.54) is 19.3 Å². The highest BCUT2D eigenvalue weighted by atomic mass is 16.6. The molecule has 0 radical (unpaired) electrons. The highest BCUT2D eigenvalue weighted by Gasteiger charge is 2.47. The molecule has 0 unspecified atom stereocenters. The molecular weight excluding hydrogens is 152 g/mol. The van der Waals surface area contributed by atoms with E-state index in [4.69, 9.17) is 4.74 Å². The molecule has 1 atom stereocenters. The van der Waals surface area contributed by atoms with Crippen LogP contribution in [0.4, 0.5) is 0 Å². The lowest BCUT2D eigenvalue weighted by atomic mass is 9.72. The van der Waals surface area contributed by atoms with E-state index in [1.54, 1.807) is 0 Å². The van der Waals surface area contributed by atoms with Crippen LogP contribution in [0.2, 0.25) is 0 Å². The van der Waals surface area contributed by atoms with Crippen LogP contribution in [-0.2, 0) is 9.53 Å². The molecule has 1 saturated heterocycles. The van der Waals surface area contributed by atoms with E-state index in [1.807, 2.05) is 6.92 Å². The van der Waals surface area contributed by atoms with Crippen LogP contribution < -0.4 is 0 Å². The molecule has 2 aliphatic rings. The molecular formula is C10H16O2. The Hall–Kier alpha value is -0.530. The van der Waals surface area contributed by atoms with Crippen molar-refractivity contribution in [2.75, 3.05) is 0 Å². The summed E-state index contributed by atoms with van der Waals surface area (Å²) in [6, 6.07) is 0. The quantitative estimate of drug-likeness (QED) is 0.519. The van der Waals surface area contributed by atoms with Crippen LogP contribution in [0.15, 0.2) is 0 Å². The zero-order valence-corrected chi connectivity index (χ0v) is 7.64. The van der Waals surface area contributed by atoms with E-state index in [9.17, 15) is 4.79 Å². The van der Waals surface area contributed by atoms with Crippen LogP contribution in [0.25, 0.3) is 0 Å². The Balaban J connectivity index is 2.13. The maximum atomic E-state index is 11.5. The Morgan fingerprint density at radius 2 is 2.00 bits per heavy atom. The van der Waals surface area contributed by atoms with E-state index >= 15 is 0 Å². The van der Waals surface area contributed by atoms with E-state index in [0.29, 0.717) is 0 Å². The fraction of sp³-hybridized carbons (Fsp3) is 0.900. The van der Waals surface area contributed by atoms with Gasteiger partial charge in [0.05, 0.1) is 5.41 Å². The van der Waals surface area contributed by atoms with E-state index in [0.717, 1.165) is 19.3 Å². The summed E-state index contributed by atoms with van der Waals surface area (Å²) in [4.78, 5) is 11.5. The predicted molar refractivity (Wildman–Crippen MR) is 45.7 cm³/mol. The minimum Gasteiger partial charge on any atom is -0.462 e. The van der Waals surface area contributed by atoms with Crippen LogP contribution in [0.5, 0.6) is 0 Å². The standard InChI is InChI=1S/C10H16O2/c1-8-7-10(9(11)12-8)5-3-2-4-6-10/h8H,2-7H2,1H3/t8-/m0/s1. The number of hydrogen-bond donors (Lipinski definition) is 0. The average molecular weight is 168 g/mol. The third-order valence-corrected chi connectivity index (χ3v) is 3.23. The summed E-state index contributed by atoms with van der Waals surface area (Å²) in [6.45, 7) is 2.00. The van der Waals surface area contributed by atoms with Crippen LogP contribution in [-0.4, -0.2) is 12.1 Å². The number of carbonyl (C=O) groups excluding carboxylic acids is 1. The molecule has 2 rings (SSSR count). The van der Waals surface area contributed by atoms with Gasteiger partial charge in [-0.2, -0.15) is 0 Å². The van der Waals surface area contributed by atoms with Crippen molar-refractivity contribution in [2.24, 2.45) is 5.41 Å². The molecule has 68 valence electrons. The minimum atomic E-state index is -0.0579. The first-order valence-electron chi connectivity index (χ1n) is 4.94. The first kappa shape index (κ1) is 8.09.